The predicted octanol–water partition coefficient (Wildman–Crippen LogP) is 3.95. The van der Waals surface area contributed by atoms with E-state index in [0.717, 1.165) is 5.57 Å². The van der Waals surface area contributed by atoms with Gasteiger partial charge in [-0.1, -0.05) is 31.6 Å². The first-order valence-corrected chi connectivity index (χ1v) is 6.14. The quantitative estimate of drug-likeness (QED) is 0.673. The lowest BCUT2D eigenvalue weighted by Crippen LogP contribution is -2.38. The van der Waals surface area contributed by atoms with E-state index in [9.17, 15) is 18.0 Å². The lowest BCUT2D eigenvalue weighted by molar-refractivity contribution is -0.184. The summed E-state index contributed by atoms with van der Waals surface area (Å²) >= 11 is 0. The van der Waals surface area contributed by atoms with Crippen molar-refractivity contribution in [3.8, 4) is 0 Å². The molecule has 0 atom stereocenters. The van der Waals surface area contributed by atoms with Crippen LogP contribution in [0.4, 0.5) is 13.2 Å². The zero-order chi connectivity index (χ0) is 15.3. The second kappa shape index (κ2) is 6.78. The fraction of sp³-hybridized carbons (Fsp3) is 0.643. The van der Waals surface area contributed by atoms with Gasteiger partial charge in [0.15, 0.2) is 0 Å². The number of carbonyl (C=O) groups excluding carboxylic acids is 1. The molecule has 0 spiro atoms. The van der Waals surface area contributed by atoms with Gasteiger partial charge in [-0.15, -0.1) is 6.58 Å². The van der Waals surface area contributed by atoms with Gasteiger partial charge in [0, 0.05) is 19.0 Å². The molecule has 0 aromatic heterocycles. The van der Waals surface area contributed by atoms with Gasteiger partial charge in [-0.3, -0.25) is 4.79 Å². The Hall–Kier alpha value is -1.26. The first-order valence-electron chi connectivity index (χ1n) is 6.14. The Bertz CT molecular complexity index is 356. The number of halogens is 3. The molecule has 0 heterocycles. The molecule has 19 heavy (non-hydrogen) atoms. The smallest absolute Gasteiger partial charge is 0.338 e. The summed E-state index contributed by atoms with van der Waals surface area (Å²) in [6.07, 6.45) is 0.229. The van der Waals surface area contributed by atoms with Gasteiger partial charge < -0.3 is 4.90 Å². The Kier molecular flexibility index (Phi) is 6.33. The summed E-state index contributed by atoms with van der Waals surface area (Å²) < 4.78 is 36.4. The molecule has 0 aromatic carbocycles. The summed E-state index contributed by atoms with van der Waals surface area (Å²) in [6.45, 7) is 9.75. The third-order valence-corrected chi connectivity index (χ3v) is 2.80. The van der Waals surface area contributed by atoms with Crippen molar-refractivity contribution in [3.63, 3.8) is 0 Å². The Labute approximate surface area is 113 Å². The van der Waals surface area contributed by atoms with Crippen LogP contribution in [0.3, 0.4) is 0 Å². The molecule has 0 aliphatic rings. The molecule has 0 aliphatic carbocycles. The van der Waals surface area contributed by atoms with Gasteiger partial charge in [0.2, 0.25) is 0 Å². The summed E-state index contributed by atoms with van der Waals surface area (Å²) in [6, 6.07) is 0. The second-order valence-corrected chi connectivity index (χ2v) is 5.34. The molecule has 110 valence electrons. The molecule has 0 fully saturated rings. The molecule has 1 amide bonds. The minimum absolute atomic E-state index is 0.0953. The van der Waals surface area contributed by atoms with Crippen LogP contribution < -0.4 is 0 Å². The van der Waals surface area contributed by atoms with Gasteiger partial charge in [-0.05, 0) is 19.8 Å². The molecule has 0 aliphatic heterocycles. The molecule has 0 bridgehead atoms. The van der Waals surface area contributed by atoms with Crippen molar-refractivity contribution in [3.05, 3.63) is 24.3 Å². The molecule has 2 nitrogen and oxygen atoms in total. The Morgan fingerprint density at radius 1 is 1.32 bits per heavy atom. The molecular formula is C14H22F3NO. The maximum atomic E-state index is 12.1. The van der Waals surface area contributed by atoms with Crippen LogP contribution in [0.5, 0.6) is 0 Å². The van der Waals surface area contributed by atoms with Gasteiger partial charge in [0.25, 0.3) is 0 Å². The minimum atomic E-state index is -4.79. The predicted molar refractivity (Wildman–Crippen MR) is 70.7 cm³/mol. The Balaban J connectivity index is 4.25. The number of amides is 1. The molecule has 0 N–H and O–H groups in total. The highest BCUT2D eigenvalue weighted by Gasteiger charge is 2.40. The van der Waals surface area contributed by atoms with Crippen molar-refractivity contribution in [2.24, 2.45) is 5.41 Å². The average Bonchev–Trinajstić information content (AvgIpc) is 2.25. The number of hydrogen-bond donors (Lipinski definition) is 0. The van der Waals surface area contributed by atoms with E-state index in [2.05, 4.69) is 6.58 Å². The second-order valence-electron chi connectivity index (χ2n) is 5.34. The van der Waals surface area contributed by atoms with Crippen molar-refractivity contribution in [1.82, 2.24) is 4.90 Å². The molecule has 0 rings (SSSR count). The van der Waals surface area contributed by atoms with Crippen molar-refractivity contribution >= 4 is 5.91 Å². The number of carbonyl (C=O) groups is 1. The number of hydrogen-bond acceptors (Lipinski definition) is 1. The molecule has 0 saturated carbocycles. The standard InChI is InChI=1S/C14H22F3NO/c1-6-13(3,4)10-11(2)8-7-9-18(5)12(19)14(15,16)17/h6,10H,1,7-9H2,2-5H3/b11-10+. The van der Waals surface area contributed by atoms with Gasteiger partial charge in [-0.2, -0.15) is 13.2 Å². The highest BCUT2D eigenvalue weighted by atomic mass is 19.4. The molecule has 0 aromatic rings. The maximum absolute atomic E-state index is 12.1. The summed E-state index contributed by atoms with van der Waals surface area (Å²) in [5, 5.41) is 0. The van der Waals surface area contributed by atoms with Crippen molar-refractivity contribution in [1.29, 1.82) is 0 Å². The molecule has 5 heteroatoms. The van der Waals surface area contributed by atoms with E-state index in [1.165, 1.54) is 7.05 Å². The number of nitrogens with zero attached hydrogens (tertiary/aromatic N) is 1. The molecule has 0 saturated heterocycles. The van der Waals surface area contributed by atoms with Crippen LogP contribution >= 0.6 is 0 Å². The molecule has 0 unspecified atom stereocenters. The van der Waals surface area contributed by atoms with Crippen LogP contribution in [-0.4, -0.2) is 30.6 Å². The van der Waals surface area contributed by atoms with E-state index >= 15 is 0 Å². The van der Waals surface area contributed by atoms with E-state index < -0.39 is 12.1 Å². The van der Waals surface area contributed by atoms with Gasteiger partial charge >= 0.3 is 12.1 Å². The highest BCUT2D eigenvalue weighted by molar-refractivity contribution is 5.81. The SMILES string of the molecule is C=CC(C)(C)/C=C(\C)CCCN(C)C(=O)C(F)(F)F. The van der Waals surface area contributed by atoms with E-state index in [-0.39, 0.29) is 12.0 Å². The largest absolute Gasteiger partial charge is 0.471 e. The normalized spacial score (nSPS) is 13.3. The fourth-order valence-electron chi connectivity index (χ4n) is 1.68. The van der Waals surface area contributed by atoms with Crippen LogP contribution in [-0.2, 0) is 4.79 Å². The Morgan fingerprint density at radius 2 is 1.84 bits per heavy atom. The Morgan fingerprint density at radius 3 is 2.26 bits per heavy atom. The first kappa shape index (κ1) is 17.7. The fourth-order valence-corrected chi connectivity index (χ4v) is 1.68. The van der Waals surface area contributed by atoms with Crippen LogP contribution in [0.15, 0.2) is 24.3 Å². The van der Waals surface area contributed by atoms with E-state index in [0.29, 0.717) is 17.7 Å². The zero-order valence-electron chi connectivity index (χ0n) is 12.0. The highest BCUT2D eigenvalue weighted by Crippen LogP contribution is 2.22. The monoisotopic (exact) mass is 277 g/mol. The third kappa shape index (κ3) is 7.03. The number of rotatable bonds is 6. The maximum Gasteiger partial charge on any atom is 0.471 e. The zero-order valence-corrected chi connectivity index (χ0v) is 12.0. The number of alkyl halides is 3. The summed E-state index contributed by atoms with van der Waals surface area (Å²) in [5.74, 6) is -1.79. The third-order valence-electron chi connectivity index (χ3n) is 2.80. The minimum Gasteiger partial charge on any atom is -0.338 e. The lowest BCUT2D eigenvalue weighted by Gasteiger charge is -2.19. The summed E-state index contributed by atoms with van der Waals surface area (Å²) in [5.41, 5.74) is 0.954. The van der Waals surface area contributed by atoms with Gasteiger partial charge in [-0.25, -0.2) is 0 Å². The van der Waals surface area contributed by atoms with E-state index in [1.807, 2.05) is 32.9 Å². The number of allylic oxidation sites excluding steroid dienone is 3. The topological polar surface area (TPSA) is 20.3 Å². The average molecular weight is 277 g/mol. The van der Waals surface area contributed by atoms with Crippen molar-refractivity contribution < 1.29 is 18.0 Å². The van der Waals surface area contributed by atoms with E-state index in [1.54, 1.807) is 0 Å². The van der Waals surface area contributed by atoms with Gasteiger partial charge in [0.05, 0.1) is 0 Å². The van der Waals surface area contributed by atoms with Crippen LogP contribution in [0.2, 0.25) is 0 Å². The van der Waals surface area contributed by atoms with Crippen molar-refractivity contribution in [2.75, 3.05) is 13.6 Å². The lowest BCUT2D eigenvalue weighted by atomic mass is 9.90. The van der Waals surface area contributed by atoms with Crippen molar-refractivity contribution in [2.45, 2.75) is 39.8 Å². The van der Waals surface area contributed by atoms with Gasteiger partial charge in [0.1, 0.15) is 0 Å². The summed E-state index contributed by atoms with van der Waals surface area (Å²) in [7, 11) is 1.17. The molecular weight excluding hydrogens is 255 g/mol. The molecule has 0 radical (unpaired) electrons. The van der Waals surface area contributed by atoms with Crippen LogP contribution in [0.1, 0.15) is 33.6 Å². The van der Waals surface area contributed by atoms with E-state index in [4.69, 9.17) is 0 Å². The summed E-state index contributed by atoms with van der Waals surface area (Å²) in [4.78, 5) is 11.6. The van der Waals surface area contributed by atoms with Crippen LogP contribution in [0.25, 0.3) is 0 Å². The van der Waals surface area contributed by atoms with Crippen LogP contribution in [0, 0.1) is 5.41 Å². The first-order chi connectivity index (χ1) is 8.49.